The van der Waals surface area contributed by atoms with Gasteiger partial charge in [-0.05, 0) is 0 Å². The Bertz CT molecular complexity index is 559. The van der Waals surface area contributed by atoms with Gasteiger partial charge in [0.05, 0.1) is 0 Å². The fraction of sp³-hybridized carbons (Fsp3) is 0.125. The normalized spacial score (nSPS) is 10.2. The summed E-state index contributed by atoms with van der Waals surface area (Å²) >= 11 is 0. The van der Waals surface area contributed by atoms with Crippen LogP contribution in [0.1, 0.15) is 16.3 Å². The van der Waals surface area contributed by atoms with Crippen LogP contribution in [0.2, 0.25) is 0 Å². The zero-order valence-electron chi connectivity index (χ0n) is 7.99. The van der Waals surface area contributed by atoms with Crippen LogP contribution in [0, 0.1) is 0 Å². The van der Waals surface area contributed by atoms with Crippen molar-refractivity contribution in [2.75, 3.05) is 0 Å². The maximum Gasteiger partial charge on any atom is 0.354 e. The van der Waals surface area contributed by atoms with E-state index in [0.29, 0.717) is 0 Å². The summed E-state index contributed by atoms with van der Waals surface area (Å²) in [6.45, 7) is 0.163. The molecule has 0 bridgehead atoms. The number of carboxylic acids is 1. The lowest BCUT2D eigenvalue weighted by molar-refractivity contribution is 0.0689. The number of nitrogens with one attached hydrogen (secondary N) is 1. The highest BCUT2D eigenvalue weighted by atomic mass is 16.4. The lowest BCUT2D eigenvalue weighted by Crippen LogP contribution is -2.17. The van der Waals surface area contributed by atoms with Crippen LogP contribution in [0.3, 0.4) is 0 Å². The van der Waals surface area contributed by atoms with Gasteiger partial charge in [-0.25, -0.2) is 19.4 Å². The van der Waals surface area contributed by atoms with E-state index in [-0.39, 0.29) is 18.1 Å². The second kappa shape index (κ2) is 3.93. The molecule has 0 saturated heterocycles. The number of aromatic carboxylic acids is 1. The summed E-state index contributed by atoms with van der Waals surface area (Å²) in [5.74, 6) is -1.03. The highest BCUT2D eigenvalue weighted by Gasteiger charge is 2.08. The lowest BCUT2D eigenvalue weighted by atomic mass is 10.4. The number of carboxylic acid groups (broad SMARTS) is 1. The summed E-state index contributed by atoms with van der Waals surface area (Å²) in [4.78, 5) is 31.7. The quantitative estimate of drug-likeness (QED) is 0.694. The third-order valence-corrected chi connectivity index (χ3v) is 1.79. The summed E-state index contributed by atoms with van der Waals surface area (Å²) in [5, 5.41) is 12.5. The highest BCUT2D eigenvalue weighted by Crippen LogP contribution is 1.94. The standard InChI is InChI=1S/C8H7N5O3/c14-7-1-5(8(15)16)11-6(12-7)2-13-4-9-3-10-13/h1,3-4H,2H2,(H,15,16)(H,11,12,14). The molecular weight excluding hydrogens is 214 g/mol. The van der Waals surface area contributed by atoms with Crippen molar-refractivity contribution < 1.29 is 9.90 Å². The van der Waals surface area contributed by atoms with Crippen LogP contribution in [0.25, 0.3) is 0 Å². The molecule has 16 heavy (non-hydrogen) atoms. The van der Waals surface area contributed by atoms with Gasteiger partial charge in [-0.1, -0.05) is 0 Å². The van der Waals surface area contributed by atoms with Crippen molar-refractivity contribution in [2.24, 2.45) is 0 Å². The summed E-state index contributed by atoms with van der Waals surface area (Å²) in [6.07, 6.45) is 2.77. The molecule has 0 aliphatic rings. The van der Waals surface area contributed by atoms with Crippen molar-refractivity contribution in [3.63, 3.8) is 0 Å². The molecule has 2 rings (SSSR count). The molecule has 0 saturated carbocycles. The highest BCUT2D eigenvalue weighted by molar-refractivity contribution is 5.85. The molecule has 0 aliphatic heterocycles. The number of hydrogen-bond acceptors (Lipinski definition) is 5. The Labute approximate surface area is 88.6 Å². The summed E-state index contributed by atoms with van der Waals surface area (Å²) in [7, 11) is 0. The summed E-state index contributed by atoms with van der Waals surface area (Å²) in [5.41, 5.74) is -0.804. The maximum absolute atomic E-state index is 11.1. The third kappa shape index (κ3) is 2.11. The van der Waals surface area contributed by atoms with E-state index in [4.69, 9.17) is 5.11 Å². The van der Waals surface area contributed by atoms with Crippen molar-refractivity contribution in [3.05, 3.63) is 40.6 Å². The lowest BCUT2D eigenvalue weighted by Gasteiger charge is -2.01. The molecule has 2 heterocycles. The first-order valence-corrected chi connectivity index (χ1v) is 4.31. The first-order valence-electron chi connectivity index (χ1n) is 4.31. The predicted molar refractivity (Wildman–Crippen MR) is 50.9 cm³/mol. The smallest absolute Gasteiger partial charge is 0.354 e. The van der Waals surface area contributed by atoms with Crippen LogP contribution in [-0.2, 0) is 6.54 Å². The van der Waals surface area contributed by atoms with Gasteiger partial charge in [0.2, 0.25) is 0 Å². The molecule has 0 spiro atoms. The number of aromatic amines is 1. The van der Waals surface area contributed by atoms with Crippen LogP contribution >= 0.6 is 0 Å². The minimum atomic E-state index is -1.24. The van der Waals surface area contributed by atoms with E-state index >= 15 is 0 Å². The van der Waals surface area contributed by atoms with Gasteiger partial charge >= 0.3 is 5.97 Å². The Hall–Kier alpha value is -2.51. The average molecular weight is 221 g/mol. The van der Waals surface area contributed by atoms with E-state index in [1.165, 1.54) is 17.3 Å². The molecule has 2 aromatic heterocycles. The summed E-state index contributed by atoms with van der Waals surface area (Å²) < 4.78 is 1.42. The Morgan fingerprint density at radius 1 is 1.56 bits per heavy atom. The van der Waals surface area contributed by atoms with Gasteiger partial charge in [-0.3, -0.25) is 4.79 Å². The van der Waals surface area contributed by atoms with Gasteiger partial charge in [-0.2, -0.15) is 5.10 Å². The molecule has 2 N–H and O–H groups in total. The minimum absolute atomic E-state index is 0.163. The fourth-order valence-corrected chi connectivity index (χ4v) is 1.16. The van der Waals surface area contributed by atoms with Gasteiger partial charge in [0.25, 0.3) is 5.56 Å². The van der Waals surface area contributed by atoms with E-state index in [0.717, 1.165) is 6.07 Å². The summed E-state index contributed by atoms with van der Waals surface area (Å²) in [6, 6.07) is 0.924. The minimum Gasteiger partial charge on any atom is -0.477 e. The van der Waals surface area contributed by atoms with E-state index in [9.17, 15) is 9.59 Å². The monoisotopic (exact) mass is 221 g/mol. The SMILES string of the molecule is O=C(O)c1cc(=O)[nH]c(Cn2cncn2)n1. The molecule has 8 nitrogen and oxygen atoms in total. The van der Waals surface area contributed by atoms with Crippen molar-refractivity contribution in [1.29, 1.82) is 0 Å². The maximum atomic E-state index is 11.1. The first-order chi connectivity index (χ1) is 7.65. The van der Waals surface area contributed by atoms with Crippen molar-refractivity contribution in [2.45, 2.75) is 6.54 Å². The van der Waals surface area contributed by atoms with Gasteiger partial charge in [0.1, 0.15) is 25.0 Å². The first kappa shape index (κ1) is 10.0. The molecular formula is C8H7N5O3. The van der Waals surface area contributed by atoms with Crippen molar-refractivity contribution in [3.8, 4) is 0 Å². The van der Waals surface area contributed by atoms with Gasteiger partial charge in [0, 0.05) is 6.07 Å². The molecule has 0 radical (unpaired) electrons. The second-order valence-corrected chi connectivity index (χ2v) is 2.98. The molecule has 0 fully saturated rings. The number of aromatic nitrogens is 5. The Morgan fingerprint density at radius 3 is 3.00 bits per heavy atom. The molecule has 8 heteroatoms. The molecule has 0 atom stereocenters. The Balaban J connectivity index is 2.34. The number of nitrogens with zero attached hydrogens (tertiary/aromatic N) is 4. The van der Waals surface area contributed by atoms with E-state index in [2.05, 4.69) is 20.1 Å². The van der Waals surface area contributed by atoms with Crippen molar-refractivity contribution >= 4 is 5.97 Å². The van der Waals surface area contributed by atoms with Crippen LogP contribution < -0.4 is 5.56 Å². The van der Waals surface area contributed by atoms with E-state index in [1.807, 2.05) is 0 Å². The molecule has 2 aromatic rings. The van der Waals surface area contributed by atoms with Crippen LogP contribution in [0.5, 0.6) is 0 Å². The van der Waals surface area contributed by atoms with E-state index in [1.54, 1.807) is 0 Å². The predicted octanol–water partition coefficient (Wildman–Crippen LogP) is -0.892. The molecule has 0 amide bonds. The molecule has 0 aromatic carbocycles. The topological polar surface area (TPSA) is 114 Å². The fourth-order valence-electron chi connectivity index (χ4n) is 1.16. The Kier molecular flexibility index (Phi) is 2.46. The van der Waals surface area contributed by atoms with Crippen LogP contribution in [-0.4, -0.2) is 35.8 Å². The van der Waals surface area contributed by atoms with E-state index < -0.39 is 11.5 Å². The third-order valence-electron chi connectivity index (χ3n) is 1.79. The van der Waals surface area contributed by atoms with Crippen molar-refractivity contribution in [1.82, 2.24) is 24.7 Å². The van der Waals surface area contributed by atoms with Crippen LogP contribution in [0.15, 0.2) is 23.5 Å². The average Bonchev–Trinajstić information content (AvgIpc) is 2.69. The zero-order valence-corrected chi connectivity index (χ0v) is 7.99. The molecule has 82 valence electrons. The number of H-pyrrole nitrogens is 1. The molecule has 0 aliphatic carbocycles. The van der Waals surface area contributed by atoms with Crippen LogP contribution in [0.4, 0.5) is 0 Å². The largest absolute Gasteiger partial charge is 0.477 e. The number of carbonyl (C=O) groups is 1. The number of hydrogen-bond donors (Lipinski definition) is 2. The van der Waals surface area contributed by atoms with Gasteiger partial charge in [-0.15, -0.1) is 0 Å². The Morgan fingerprint density at radius 2 is 2.38 bits per heavy atom. The molecule has 0 unspecified atom stereocenters. The number of rotatable bonds is 3. The zero-order chi connectivity index (χ0) is 11.5. The van der Waals surface area contributed by atoms with Gasteiger partial charge < -0.3 is 10.1 Å². The van der Waals surface area contributed by atoms with Gasteiger partial charge in [0.15, 0.2) is 5.69 Å². The second-order valence-electron chi connectivity index (χ2n) is 2.98.